The third kappa shape index (κ3) is 4.01. The Bertz CT molecular complexity index is 1360. The van der Waals surface area contributed by atoms with Gasteiger partial charge in [-0.05, 0) is 94.1 Å². The molecular weight excluding hydrogens is 396 g/mol. The van der Waals surface area contributed by atoms with Gasteiger partial charge in [0.2, 0.25) is 0 Å². The molecule has 0 heterocycles. The lowest BCUT2D eigenvalue weighted by atomic mass is 9.82. The summed E-state index contributed by atoms with van der Waals surface area (Å²) >= 11 is 0. The molecule has 160 valence electrons. The van der Waals surface area contributed by atoms with E-state index in [0.29, 0.717) is 0 Å². The van der Waals surface area contributed by atoms with Gasteiger partial charge >= 0.3 is 0 Å². The van der Waals surface area contributed by atoms with Gasteiger partial charge in [0.1, 0.15) is 0 Å². The van der Waals surface area contributed by atoms with E-state index >= 15 is 0 Å². The quantitative estimate of drug-likeness (QED) is 0.270. The monoisotopic (exact) mass is 424 g/mol. The van der Waals surface area contributed by atoms with E-state index in [1.54, 1.807) is 0 Å². The second-order valence-electron chi connectivity index (χ2n) is 8.76. The average Bonchev–Trinajstić information content (AvgIpc) is 2.85. The normalized spacial score (nSPS) is 10.9. The number of benzene rings is 5. The van der Waals surface area contributed by atoms with Gasteiger partial charge in [0.25, 0.3) is 0 Å². The molecule has 0 N–H and O–H groups in total. The van der Waals surface area contributed by atoms with Crippen LogP contribution in [0.2, 0.25) is 0 Å². The predicted octanol–water partition coefficient (Wildman–Crippen LogP) is 9.28. The van der Waals surface area contributed by atoms with Crippen LogP contribution in [0.25, 0.3) is 44.5 Å². The summed E-state index contributed by atoms with van der Waals surface area (Å²) in [4.78, 5) is 0. The van der Waals surface area contributed by atoms with Crippen molar-refractivity contribution in [1.82, 2.24) is 0 Å². The van der Waals surface area contributed by atoms with Crippen LogP contribution in [0.4, 0.5) is 0 Å². The van der Waals surface area contributed by atoms with Crippen molar-refractivity contribution in [2.45, 2.75) is 20.8 Å². The fourth-order valence-corrected chi connectivity index (χ4v) is 4.79. The smallest absolute Gasteiger partial charge is 0.00262 e. The number of hydrogen-bond donors (Lipinski definition) is 0. The highest BCUT2D eigenvalue weighted by molar-refractivity contribution is 5.98. The molecule has 0 aliphatic rings. The largest absolute Gasteiger partial charge is 0.0622 e. The SMILES string of the molecule is Cc1ccccc1-c1cc(-c2ccccc2C)c(-c2ccccc2)c(-c2ccccc2C)c1. The van der Waals surface area contributed by atoms with Crippen LogP contribution in [0.15, 0.2) is 115 Å². The summed E-state index contributed by atoms with van der Waals surface area (Å²) in [5.41, 5.74) is 14.0. The summed E-state index contributed by atoms with van der Waals surface area (Å²) in [6.45, 7) is 6.61. The number of rotatable bonds is 4. The van der Waals surface area contributed by atoms with Crippen molar-refractivity contribution in [1.29, 1.82) is 0 Å². The Morgan fingerprint density at radius 3 is 1.18 bits per heavy atom. The first-order chi connectivity index (χ1) is 16.1. The minimum atomic E-state index is 1.24. The molecule has 0 amide bonds. The molecule has 0 aromatic heterocycles. The van der Waals surface area contributed by atoms with Crippen molar-refractivity contribution in [3.05, 3.63) is 132 Å². The van der Waals surface area contributed by atoms with Crippen molar-refractivity contribution in [2.75, 3.05) is 0 Å². The van der Waals surface area contributed by atoms with Gasteiger partial charge in [-0.3, -0.25) is 0 Å². The van der Waals surface area contributed by atoms with E-state index in [9.17, 15) is 0 Å². The van der Waals surface area contributed by atoms with Gasteiger partial charge < -0.3 is 0 Å². The van der Waals surface area contributed by atoms with Crippen LogP contribution in [-0.4, -0.2) is 0 Å². The summed E-state index contributed by atoms with van der Waals surface area (Å²) in [6, 6.07) is 41.7. The minimum absolute atomic E-state index is 1.24. The van der Waals surface area contributed by atoms with Crippen LogP contribution < -0.4 is 0 Å². The molecule has 0 aliphatic heterocycles. The van der Waals surface area contributed by atoms with Gasteiger partial charge in [0.05, 0.1) is 0 Å². The van der Waals surface area contributed by atoms with Crippen LogP contribution in [0, 0.1) is 20.8 Å². The van der Waals surface area contributed by atoms with Gasteiger partial charge in [-0.1, -0.05) is 103 Å². The maximum absolute atomic E-state index is 2.38. The lowest BCUT2D eigenvalue weighted by Crippen LogP contribution is -1.96. The molecular formula is C33H28. The van der Waals surface area contributed by atoms with Crippen LogP contribution in [-0.2, 0) is 0 Å². The standard InChI is InChI=1S/C33H28/c1-23-13-7-10-18-28(23)27-21-31(29-19-11-8-14-24(29)2)33(26-16-5-4-6-17-26)32(22-27)30-20-12-9-15-25(30)3/h4-22H,1-3H3. The molecule has 5 aromatic carbocycles. The molecule has 33 heavy (non-hydrogen) atoms. The molecule has 0 radical (unpaired) electrons. The molecule has 5 aromatic rings. The van der Waals surface area contributed by atoms with Crippen LogP contribution in [0.1, 0.15) is 16.7 Å². The van der Waals surface area contributed by atoms with E-state index in [2.05, 4.69) is 136 Å². The van der Waals surface area contributed by atoms with Crippen LogP contribution >= 0.6 is 0 Å². The second kappa shape index (κ2) is 8.92. The first kappa shape index (κ1) is 21.0. The number of aryl methyl sites for hydroxylation is 3. The Morgan fingerprint density at radius 2 is 0.727 bits per heavy atom. The van der Waals surface area contributed by atoms with Crippen molar-refractivity contribution in [3.8, 4) is 44.5 Å². The predicted molar refractivity (Wildman–Crippen MR) is 142 cm³/mol. The molecule has 0 unspecified atom stereocenters. The van der Waals surface area contributed by atoms with E-state index in [4.69, 9.17) is 0 Å². The van der Waals surface area contributed by atoms with Crippen molar-refractivity contribution >= 4 is 0 Å². The highest BCUT2D eigenvalue weighted by Crippen LogP contribution is 2.45. The zero-order valence-electron chi connectivity index (χ0n) is 19.5. The molecule has 0 aliphatic carbocycles. The summed E-state index contributed by atoms with van der Waals surface area (Å²) in [7, 11) is 0. The van der Waals surface area contributed by atoms with E-state index in [1.807, 2.05) is 0 Å². The maximum atomic E-state index is 2.38. The Morgan fingerprint density at radius 1 is 0.333 bits per heavy atom. The van der Waals surface area contributed by atoms with E-state index in [-0.39, 0.29) is 0 Å². The van der Waals surface area contributed by atoms with Crippen LogP contribution in [0.5, 0.6) is 0 Å². The highest BCUT2D eigenvalue weighted by Gasteiger charge is 2.19. The molecule has 0 bridgehead atoms. The van der Waals surface area contributed by atoms with E-state index < -0.39 is 0 Å². The Kier molecular flexibility index (Phi) is 5.67. The molecule has 0 saturated carbocycles. The highest BCUT2D eigenvalue weighted by atomic mass is 14.2. The van der Waals surface area contributed by atoms with Gasteiger partial charge in [-0.25, -0.2) is 0 Å². The molecule has 0 saturated heterocycles. The number of hydrogen-bond acceptors (Lipinski definition) is 0. The summed E-state index contributed by atoms with van der Waals surface area (Å²) in [5.74, 6) is 0. The maximum Gasteiger partial charge on any atom is -0.00262 e. The Balaban J connectivity index is 1.94. The molecule has 5 rings (SSSR count). The summed E-state index contributed by atoms with van der Waals surface area (Å²) in [5, 5.41) is 0. The average molecular weight is 425 g/mol. The molecule has 0 nitrogen and oxygen atoms in total. The van der Waals surface area contributed by atoms with Gasteiger partial charge in [-0.15, -0.1) is 0 Å². The fourth-order valence-electron chi connectivity index (χ4n) is 4.79. The van der Waals surface area contributed by atoms with E-state index in [1.165, 1.54) is 61.2 Å². The second-order valence-corrected chi connectivity index (χ2v) is 8.76. The summed E-state index contributed by atoms with van der Waals surface area (Å²) < 4.78 is 0. The zero-order chi connectivity index (χ0) is 22.8. The Hall–Kier alpha value is -3.90. The van der Waals surface area contributed by atoms with Crippen molar-refractivity contribution < 1.29 is 0 Å². The van der Waals surface area contributed by atoms with Crippen molar-refractivity contribution in [3.63, 3.8) is 0 Å². The van der Waals surface area contributed by atoms with Gasteiger partial charge in [-0.2, -0.15) is 0 Å². The van der Waals surface area contributed by atoms with Gasteiger partial charge in [0, 0.05) is 0 Å². The minimum Gasteiger partial charge on any atom is -0.0622 e. The summed E-state index contributed by atoms with van der Waals surface area (Å²) in [6.07, 6.45) is 0. The zero-order valence-corrected chi connectivity index (χ0v) is 19.5. The molecule has 0 atom stereocenters. The van der Waals surface area contributed by atoms with Crippen LogP contribution in [0.3, 0.4) is 0 Å². The third-order valence-corrected chi connectivity index (χ3v) is 6.53. The fraction of sp³-hybridized carbons (Fsp3) is 0.0909. The first-order valence-corrected chi connectivity index (χ1v) is 11.5. The molecule has 0 heteroatoms. The third-order valence-electron chi connectivity index (χ3n) is 6.53. The van der Waals surface area contributed by atoms with Gasteiger partial charge in [0.15, 0.2) is 0 Å². The lowest BCUT2D eigenvalue weighted by molar-refractivity contribution is 1.42. The topological polar surface area (TPSA) is 0 Å². The Labute approximate surface area is 197 Å². The lowest BCUT2D eigenvalue weighted by Gasteiger charge is -2.21. The van der Waals surface area contributed by atoms with E-state index in [0.717, 1.165) is 0 Å². The molecule has 0 fully saturated rings. The first-order valence-electron chi connectivity index (χ1n) is 11.5. The molecule has 0 spiro atoms. The van der Waals surface area contributed by atoms with Crippen molar-refractivity contribution in [2.24, 2.45) is 0 Å².